The molecule has 0 aliphatic rings. The predicted molar refractivity (Wildman–Crippen MR) is 89.0 cm³/mol. The van der Waals surface area contributed by atoms with Gasteiger partial charge in [0, 0.05) is 16.7 Å². The summed E-state index contributed by atoms with van der Waals surface area (Å²) in [6.07, 6.45) is 0.793. The van der Waals surface area contributed by atoms with Crippen LogP contribution in [0.4, 0.5) is 11.4 Å². The van der Waals surface area contributed by atoms with Crippen LogP contribution in [0.3, 0.4) is 0 Å². The Kier molecular flexibility index (Phi) is 6.12. The van der Waals surface area contributed by atoms with Gasteiger partial charge >= 0.3 is 0 Å². The van der Waals surface area contributed by atoms with Crippen LogP contribution in [0.5, 0.6) is 5.75 Å². The minimum atomic E-state index is -4.03. The SMILES string of the molecule is O=S(=O)(N/N=C\c1cc([NH+]([O-])O)cc([NH+]([O-])O)c1O)c1ccc(Cl)cc1. The highest BCUT2D eigenvalue weighted by atomic mass is 35.5. The standard InChI is InChI=1S/C13H13ClN4O7S/c14-9-1-3-11(4-2-9)26(24,25)16-15-7-8-5-10(17(20)21)6-12(13(8)19)18(22)23/h1-7,16-20,22H/b15-7-. The monoisotopic (exact) mass is 404 g/mol. The lowest BCUT2D eigenvalue weighted by Gasteiger charge is -2.17. The Bertz CT molecular complexity index is 917. The van der Waals surface area contributed by atoms with Crippen molar-refractivity contribution in [3.63, 3.8) is 0 Å². The van der Waals surface area contributed by atoms with E-state index in [0.29, 0.717) is 5.02 Å². The molecule has 0 aliphatic carbocycles. The number of hydrogen-bond acceptors (Lipinski definition) is 8. The largest absolute Gasteiger partial charge is 0.595 e. The summed E-state index contributed by atoms with van der Waals surface area (Å²) < 4.78 is 24.1. The molecule has 2 unspecified atom stereocenters. The zero-order valence-electron chi connectivity index (χ0n) is 12.7. The summed E-state index contributed by atoms with van der Waals surface area (Å²) in [6, 6.07) is 6.93. The zero-order chi connectivity index (χ0) is 19.5. The average Bonchev–Trinajstić information content (AvgIpc) is 2.56. The molecular weight excluding hydrogens is 392 g/mol. The van der Waals surface area contributed by atoms with Crippen LogP contribution in [0.25, 0.3) is 0 Å². The second-order valence-corrected chi connectivity index (χ2v) is 6.98. The Hall–Kier alpha value is -2.29. The molecule has 0 aromatic heterocycles. The quantitative estimate of drug-likeness (QED) is 0.157. The van der Waals surface area contributed by atoms with Gasteiger partial charge in [0.05, 0.1) is 17.2 Å². The van der Waals surface area contributed by atoms with Crippen LogP contribution in [0.2, 0.25) is 5.02 Å². The number of halogens is 1. The van der Waals surface area contributed by atoms with Crippen molar-refractivity contribution in [2.45, 2.75) is 4.90 Å². The van der Waals surface area contributed by atoms with E-state index in [1.54, 1.807) is 0 Å². The van der Waals surface area contributed by atoms with E-state index in [-0.39, 0.29) is 10.5 Å². The lowest BCUT2D eigenvalue weighted by Crippen LogP contribution is -3.00. The lowest BCUT2D eigenvalue weighted by molar-refractivity contribution is -0.996. The van der Waals surface area contributed by atoms with Gasteiger partial charge in [-0.3, -0.25) is 0 Å². The summed E-state index contributed by atoms with van der Waals surface area (Å²) in [5, 5.41) is 50.8. The van der Waals surface area contributed by atoms with E-state index in [2.05, 4.69) is 5.10 Å². The summed E-state index contributed by atoms with van der Waals surface area (Å²) in [4.78, 5) is 1.73. The van der Waals surface area contributed by atoms with Crippen LogP contribution >= 0.6 is 11.6 Å². The van der Waals surface area contributed by atoms with Gasteiger partial charge in [0.1, 0.15) is 0 Å². The number of hydrazone groups is 1. The van der Waals surface area contributed by atoms with E-state index >= 15 is 0 Å². The van der Waals surface area contributed by atoms with Crippen molar-refractivity contribution in [2.75, 3.05) is 0 Å². The Morgan fingerprint density at radius 1 is 1.12 bits per heavy atom. The number of nitrogens with zero attached hydrogens (tertiary/aromatic N) is 1. The average molecular weight is 405 g/mol. The number of benzene rings is 2. The fourth-order valence-corrected chi connectivity index (χ4v) is 2.79. The first kappa shape index (κ1) is 20.0. The molecule has 2 aromatic rings. The molecule has 0 spiro atoms. The molecule has 0 aliphatic heterocycles. The molecular formula is C13H13ClN4O7S. The van der Waals surface area contributed by atoms with Gasteiger partial charge in [-0.05, 0) is 24.3 Å². The Balaban J connectivity index is 2.31. The fraction of sp³-hybridized carbons (Fsp3) is 0. The molecule has 0 heterocycles. The summed E-state index contributed by atoms with van der Waals surface area (Å²) in [7, 11) is -4.03. The third kappa shape index (κ3) is 4.66. The van der Waals surface area contributed by atoms with Crippen LogP contribution in [-0.2, 0) is 10.0 Å². The summed E-state index contributed by atoms with van der Waals surface area (Å²) >= 11 is 5.68. The third-order valence-corrected chi connectivity index (χ3v) is 4.61. The Morgan fingerprint density at radius 3 is 2.27 bits per heavy atom. The van der Waals surface area contributed by atoms with Crippen molar-refractivity contribution >= 4 is 39.2 Å². The molecule has 13 heteroatoms. The molecule has 2 atom stereocenters. The fourth-order valence-electron chi connectivity index (χ4n) is 1.87. The van der Waals surface area contributed by atoms with Gasteiger partial charge < -0.3 is 15.5 Å². The molecule has 26 heavy (non-hydrogen) atoms. The first-order valence-electron chi connectivity index (χ1n) is 6.76. The zero-order valence-corrected chi connectivity index (χ0v) is 14.3. The number of aromatic hydroxyl groups is 1. The van der Waals surface area contributed by atoms with Gasteiger partial charge in [0.15, 0.2) is 11.4 Å². The predicted octanol–water partition coefficient (Wildman–Crippen LogP) is -0.835. The molecule has 0 saturated heterocycles. The topological polar surface area (TPSA) is 174 Å². The maximum Gasteiger partial charge on any atom is 0.276 e. The Labute approximate surface area is 152 Å². The van der Waals surface area contributed by atoms with Crippen molar-refractivity contribution in [1.29, 1.82) is 0 Å². The third-order valence-electron chi connectivity index (χ3n) is 3.12. The first-order chi connectivity index (χ1) is 12.1. The lowest BCUT2D eigenvalue weighted by atomic mass is 10.1. The van der Waals surface area contributed by atoms with Gasteiger partial charge in [-0.1, -0.05) is 11.6 Å². The van der Waals surface area contributed by atoms with Crippen LogP contribution in [0.15, 0.2) is 46.4 Å². The Morgan fingerprint density at radius 2 is 1.73 bits per heavy atom. The summed E-state index contributed by atoms with van der Waals surface area (Å²) in [6.45, 7) is 0. The van der Waals surface area contributed by atoms with Gasteiger partial charge in [-0.2, -0.15) is 24.0 Å². The summed E-state index contributed by atoms with van der Waals surface area (Å²) in [5.41, 5.74) is -1.37. The van der Waals surface area contributed by atoms with Gasteiger partial charge in [-0.25, -0.2) is 15.2 Å². The van der Waals surface area contributed by atoms with Gasteiger partial charge in [-0.15, -0.1) is 0 Å². The van der Waals surface area contributed by atoms with Crippen LogP contribution in [-0.4, -0.2) is 30.2 Å². The van der Waals surface area contributed by atoms with Crippen LogP contribution in [0.1, 0.15) is 5.56 Å². The minimum Gasteiger partial charge on any atom is -0.595 e. The number of quaternary nitrogens is 2. The van der Waals surface area contributed by atoms with E-state index in [1.807, 2.05) is 4.83 Å². The number of phenolic OH excluding ortho intramolecular Hbond substituents is 1. The van der Waals surface area contributed by atoms with E-state index in [1.165, 1.54) is 24.3 Å². The highest BCUT2D eigenvalue weighted by Gasteiger charge is 2.18. The highest BCUT2D eigenvalue weighted by Crippen LogP contribution is 2.26. The van der Waals surface area contributed by atoms with E-state index in [4.69, 9.17) is 22.0 Å². The summed E-state index contributed by atoms with van der Waals surface area (Å²) in [5.74, 6) is -0.753. The molecule has 2 aromatic carbocycles. The van der Waals surface area contributed by atoms with Crippen molar-refractivity contribution in [1.82, 2.24) is 4.83 Å². The highest BCUT2D eigenvalue weighted by molar-refractivity contribution is 7.89. The van der Waals surface area contributed by atoms with Gasteiger partial charge in [0.25, 0.3) is 10.0 Å². The molecule has 6 N–H and O–H groups in total. The number of nitrogens with one attached hydrogen (secondary N) is 3. The smallest absolute Gasteiger partial charge is 0.276 e. The molecule has 0 fully saturated rings. The van der Waals surface area contributed by atoms with E-state index < -0.39 is 37.6 Å². The normalized spacial score (nSPS) is 14.3. The second-order valence-electron chi connectivity index (χ2n) is 4.88. The van der Waals surface area contributed by atoms with Crippen molar-refractivity contribution in [2.24, 2.45) is 5.10 Å². The van der Waals surface area contributed by atoms with Crippen LogP contribution < -0.4 is 15.3 Å². The van der Waals surface area contributed by atoms with Crippen molar-refractivity contribution < 1.29 is 34.4 Å². The van der Waals surface area contributed by atoms with Gasteiger partial charge in [0.2, 0.25) is 5.69 Å². The van der Waals surface area contributed by atoms with E-state index in [0.717, 1.165) is 18.3 Å². The molecule has 0 saturated carbocycles. The van der Waals surface area contributed by atoms with Crippen molar-refractivity contribution in [3.05, 3.63) is 57.4 Å². The number of hydrogen-bond donors (Lipinski definition) is 6. The molecule has 0 radical (unpaired) electrons. The first-order valence-corrected chi connectivity index (χ1v) is 8.62. The number of phenols is 1. The maximum absolute atomic E-state index is 12.1. The number of rotatable bonds is 6. The molecule has 11 nitrogen and oxygen atoms in total. The second kappa shape index (κ2) is 7.94. The maximum atomic E-state index is 12.1. The molecule has 0 bridgehead atoms. The minimum absolute atomic E-state index is 0.131. The number of sulfonamides is 1. The van der Waals surface area contributed by atoms with Crippen LogP contribution in [0, 0.1) is 10.4 Å². The molecule has 2 rings (SSSR count). The van der Waals surface area contributed by atoms with E-state index in [9.17, 15) is 23.9 Å². The molecule has 0 amide bonds. The van der Waals surface area contributed by atoms with Crippen molar-refractivity contribution in [3.8, 4) is 5.75 Å². The molecule has 140 valence electrons.